The van der Waals surface area contributed by atoms with Crippen LogP contribution in [0.5, 0.6) is 0 Å². The summed E-state index contributed by atoms with van der Waals surface area (Å²) in [4.78, 5) is 30.9. The van der Waals surface area contributed by atoms with Crippen LogP contribution in [0.4, 0.5) is 10.2 Å². The number of hydrogen-bond acceptors (Lipinski definition) is 4. The Labute approximate surface area is 160 Å². The van der Waals surface area contributed by atoms with E-state index in [0.717, 1.165) is 4.90 Å². The van der Waals surface area contributed by atoms with Gasteiger partial charge in [-0.25, -0.2) is 9.37 Å². The standard InChI is InChI=1S/C22H15FN2O3/c23-16-11-5-4-10-15(16)19-18(20(26)14-8-2-1-3-9-14)21(27)22(28)25(19)17-12-6-7-13-24-17/h1-13,19,26H/b20-18+/t19-/m1/s1. The van der Waals surface area contributed by atoms with Crippen molar-refractivity contribution in [2.24, 2.45) is 0 Å². The van der Waals surface area contributed by atoms with Gasteiger partial charge >= 0.3 is 5.91 Å². The van der Waals surface area contributed by atoms with Gasteiger partial charge in [0.25, 0.3) is 5.78 Å². The van der Waals surface area contributed by atoms with Crippen molar-refractivity contribution in [1.29, 1.82) is 0 Å². The molecule has 0 aliphatic carbocycles. The molecule has 1 N–H and O–H groups in total. The molecule has 1 aliphatic rings. The third kappa shape index (κ3) is 2.85. The first-order valence-electron chi connectivity index (χ1n) is 8.61. The lowest BCUT2D eigenvalue weighted by molar-refractivity contribution is -0.132. The lowest BCUT2D eigenvalue weighted by atomic mass is 9.95. The first-order chi connectivity index (χ1) is 13.6. The van der Waals surface area contributed by atoms with E-state index in [1.807, 2.05) is 0 Å². The minimum absolute atomic E-state index is 0.102. The summed E-state index contributed by atoms with van der Waals surface area (Å²) < 4.78 is 14.7. The van der Waals surface area contributed by atoms with Gasteiger partial charge in [-0.05, 0) is 18.2 Å². The third-order valence-corrected chi connectivity index (χ3v) is 4.59. The summed E-state index contributed by atoms with van der Waals surface area (Å²) in [6.07, 6.45) is 1.48. The molecule has 2 heterocycles. The monoisotopic (exact) mass is 374 g/mol. The predicted molar refractivity (Wildman–Crippen MR) is 102 cm³/mol. The molecule has 1 atom stereocenters. The number of halogens is 1. The topological polar surface area (TPSA) is 70.5 Å². The highest BCUT2D eigenvalue weighted by Gasteiger charge is 2.48. The Balaban J connectivity index is 1.98. The van der Waals surface area contributed by atoms with Crippen LogP contribution in [0, 0.1) is 5.82 Å². The molecule has 1 aliphatic heterocycles. The Morgan fingerprint density at radius 2 is 1.61 bits per heavy atom. The number of aliphatic hydroxyl groups excluding tert-OH is 1. The maximum atomic E-state index is 14.7. The van der Waals surface area contributed by atoms with Crippen LogP contribution in [-0.2, 0) is 9.59 Å². The molecule has 1 saturated heterocycles. The van der Waals surface area contributed by atoms with E-state index in [4.69, 9.17) is 0 Å². The van der Waals surface area contributed by atoms with Gasteiger partial charge in [-0.15, -0.1) is 0 Å². The third-order valence-electron chi connectivity index (χ3n) is 4.59. The minimum Gasteiger partial charge on any atom is -0.507 e. The van der Waals surface area contributed by atoms with Crippen LogP contribution in [0.2, 0.25) is 0 Å². The molecule has 1 aromatic heterocycles. The highest BCUT2D eigenvalue weighted by atomic mass is 19.1. The number of aromatic nitrogens is 1. The zero-order valence-electron chi connectivity index (χ0n) is 14.6. The second kappa shape index (κ2) is 7.08. The minimum atomic E-state index is -1.13. The Hall–Kier alpha value is -3.80. The molecule has 0 unspecified atom stereocenters. The van der Waals surface area contributed by atoms with E-state index >= 15 is 0 Å². The number of carbonyl (C=O) groups excluding carboxylic acids is 2. The first-order valence-corrected chi connectivity index (χ1v) is 8.61. The number of rotatable bonds is 3. The largest absolute Gasteiger partial charge is 0.507 e. The van der Waals surface area contributed by atoms with Crippen molar-refractivity contribution in [2.75, 3.05) is 4.90 Å². The smallest absolute Gasteiger partial charge is 0.301 e. The number of anilines is 1. The quantitative estimate of drug-likeness (QED) is 0.430. The normalized spacial score (nSPS) is 18.5. The molecule has 5 nitrogen and oxygen atoms in total. The van der Waals surface area contributed by atoms with Crippen LogP contribution < -0.4 is 4.90 Å². The Bertz CT molecular complexity index is 1080. The zero-order chi connectivity index (χ0) is 19.7. The first kappa shape index (κ1) is 17.6. The maximum absolute atomic E-state index is 14.7. The van der Waals surface area contributed by atoms with Gasteiger partial charge in [0.05, 0.1) is 11.6 Å². The summed E-state index contributed by atoms with van der Waals surface area (Å²) >= 11 is 0. The molecule has 0 spiro atoms. The van der Waals surface area contributed by atoms with E-state index in [9.17, 15) is 19.1 Å². The molecular formula is C22H15FN2O3. The molecule has 138 valence electrons. The van der Waals surface area contributed by atoms with Gasteiger partial charge in [0, 0.05) is 17.3 Å². The Morgan fingerprint density at radius 3 is 2.29 bits per heavy atom. The lowest BCUT2D eigenvalue weighted by Gasteiger charge is -2.24. The SMILES string of the molecule is O=C1C(=O)N(c2ccccn2)[C@H](c2ccccc2F)/C1=C(\O)c1ccccc1. The fourth-order valence-corrected chi connectivity index (χ4v) is 3.31. The fourth-order valence-electron chi connectivity index (χ4n) is 3.31. The number of hydrogen-bond donors (Lipinski definition) is 1. The molecule has 1 fully saturated rings. The maximum Gasteiger partial charge on any atom is 0.301 e. The number of ketones is 1. The summed E-state index contributed by atoms with van der Waals surface area (Å²) in [5, 5.41) is 10.8. The van der Waals surface area contributed by atoms with Crippen molar-refractivity contribution >= 4 is 23.3 Å². The van der Waals surface area contributed by atoms with Crippen LogP contribution in [0.25, 0.3) is 5.76 Å². The number of benzene rings is 2. The summed E-state index contributed by atoms with van der Waals surface area (Å²) in [5.41, 5.74) is 0.291. The van der Waals surface area contributed by atoms with E-state index < -0.39 is 23.5 Å². The molecule has 4 rings (SSSR count). The molecule has 3 aromatic rings. The average molecular weight is 374 g/mol. The van der Waals surface area contributed by atoms with Crippen LogP contribution >= 0.6 is 0 Å². The summed E-state index contributed by atoms with van der Waals surface area (Å²) in [6.45, 7) is 0. The van der Waals surface area contributed by atoms with Crippen molar-refractivity contribution in [3.63, 3.8) is 0 Å². The van der Waals surface area contributed by atoms with Gasteiger partial charge in [0.1, 0.15) is 17.4 Å². The average Bonchev–Trinajstić information content (AvgIpc) is 3.00. The Morgan fingerprint density at radius 1 is 0.929 bits per heavy atom. The summed E-state index contributed by atoms with van der Waals surface area (Å²) in [5.74, 6) is -2.51. The van der Waals surface area contributed by atoms with E-state index in [1.54, 1.807) is 54.6 Å². The van der Waals surface area contributed by atoms with Crippen molar-refractivity contribution in [3.05, 3.63) is 102 Å². The van der Waals surface area contributed by atoms with E-state index in [1.165, 1.54) is 24.4 Å². The van der Waals surface area contributed by atoms with E-state index in [-0.39, 0.29) is 22.7 Å². The second-order valence-electron chi connectivity index (χ2n) is 6.24. The highest BCUT2D eigenvalue weighted by molar-refractivity contribution is 6.51. The van der Waals surface area contributed by atoms with Crippen LogP contribution in [-0.4, -0.2) is 21.8 Å². The van der Waals surface area contributed by atoms with Crippen molar-refractivity contribution in [1.82, 2.24) is 4.98 Å². The number of pyridine rings is 1. The summed E-state index contributed by atoms with van der Waals surface area (Å²) in [6, 6.07) is 18.0. The van der Waals surface area contributed by atoms with Gasteiger partial charge in [-0.2, -0.15) is 0 Å². The van der Waals surface area contributed by atoms with E-state index in [2.05, 4.69) is 4.98 Å². The molecule has 2 aromatic carbocycles. The molecule has 28 heavy (non-hydrogen) atoms. The molecule has 6 heteroatoms. The van der Waals surface area contributed by atoms with Crippen LogP contribution in [0.1, 0.15) is 17.2 Å². The summed E-state index contributed by atoms with van der Waals surface area (Å²) in [7, 11) is 0. The molecule has 1 amide bonds. The van der Waals surface area contributed by atoms with Gasteiger partial charge in [0.2, 0.25) is 0 Å². The van der Waals surface area contributed by atoms with Crippen molar-refractivity contribution in [3.8, 4) is 0 Å². The molecule has 0 bridgehead atoms. The number of aliphatic hydroxyl groups is 1. The lowest BCUT2D eigenvalue weighted by Crippen LogP contribution is -2.30. The van der Waals surface area contributed by atoms with E-state index in [0.29, 0.717) is 5.56 Å². The van der Waals surface area contributed by atoms with Gasteiger partial charge < -0.3 is 5.11 Å². The highest BCUT2D eigenvalue weighted by Crippen LogP contribution is 2.42. The number of Topliss-reactive ketones (excluding diaryl/α,β-unsaturated/α-hetero) is 1. The molecule has 0 saturated carbocycles. The van der Waals surface area contributed by atoms with Crippen LogP contribution in [0.15, 0.2) is 84.6 Å². The number of carbonyl (C=O) groups is 2. The van der Waals surface area contributed by atoms with Crippen molar-refractivity contribution in [2.45, 2.75) is 6.04 Å². The predicted octanol–water partition coefficient (Wildman–Crippen LogP) is 3.85. The van der Waals surface area contributed by atoms with Crippen molar-refractivity contribution < 1.29 is 19.1 Å². The number of nitrogens with zero attached hydrogens (tertiary/aromatic N) is 2. The second-order valence-corrected chi connectivity index (χ2v) is 6.24. The zero-order valence-corrected chi connectivity index (χ0v) is 14.6. The molecular weight excluding hydrogens is 359 g/mol. The number of amides is 1. The van der Waals surface area contributed by atoms with Crippen LogP contribution in [0.3, 0.4) is 0 Å². The fraction of sp³-hybridized carbons (Fsp3) is 0.0455. The van der Waals surface area contributed by atoms with Gasteiger partial charge in [0.15, 0.2) is 0 Å². The van der Waals surface area contributed by atoms with Gasteiger partial charge in [-0.1, -0.05) is 54.6 Å². The molecule has 0 radical (unpaired) electrons. The Kier molecular flexibility index (Phi) is 4.45. The van der Waals surface area contributed by atoms with Gasteiger partial charge in [-0.3, -0.25) is 14.5 Å².